The van der Waals surface area contributed by atoms with Crippen molar-refractivity contribution in [1.82, 2.24) is 15.6 Å². The summed E-state index contributed by atoms with van der Waals surface area (Å²) in [6.07, 6.45) is 0.198. The van der Waals surface area contributed by atoms with Gasteiger partial charge in [0.2, 0.25) is 5.88 Å². The van der Waals surface area contributed by atoms with E-state index in [1.807, 2.05) is 5.32 Å². The summed E-state index contributed by atoms with van der Waals surface area (Å²) < 4.78 is 45.2. The average Bonchev–Trinajstić information content (AvgIpc) is 3.10. The summed E-state index contributed by atoms with van der Waals surface area (Å²) in [4.78, 5) is 38.5. The summed E-state index contributed by atoms with van der Waals surface area (Å²) in [5, 5.41) is 4.69. The van der Waals surface area contributed by atoms with Crippen LogP contribution in [0.1, 0.15) is 36.0 Å². The molecule has 0 bridgehead atoms. The molecule has 1 aliphatic rings. The number of pyridine rings is 1. The van der Waals surface area contributed by atoms with Crippen LogP contribution in [0, 0.1) is 0 Å². The van der Waals surface area contributed by atoms with Gasteiger partial charge in [0.15, 0.2) is 13.2 Å². The minimum Gasteiger partial charge on any atom is -0.468 e. The highest BCUT2D eigenvalue weighted by molar-refractivity contribution is 5.97. The van der Waals surface area contributed by atoms with E-state index >= 15 is 0 Å². The van der Waals surface area contributed by atoms with Gasteiger partial charge in [-0.15, -0.1) is 0 Å². The Labute approximate surface area is 152 Å². The number of urea groups is 1. The smallest absolute Gasteiger partial charge is 0.422 e. The van der Waals surface area contributed by atoms with Gasteiger partial charge >= 0.3 is 18.2 Å². The van der Waals surface area contributed by atoms with E-state index in [1.54, 1.807) is 0 Å². The number of imide groups is 1. The molecule has 8 nitrogen and oxygen atoms in total. The predicted octanol–water partition coefficient (Wildman–Crippen LogP) is 1.95. The Balaban J connectivity index is 1.72. The molecule has 0 radical (unpaired) electrons. The van der Waals surface area contributed by atoms with Crippen molar-refractivity contribution in [3.05, 3.63) is 23.9 Å². The number of amides is 3. The molecule has 0 atom stereocenters. The van der Waals surface area contributed by atoms with Crippen LogP contribution in [-0.2, 0) is 9.53 Å². The molecular formula is C16H18F3N3O5. The van der Waals surface area contributed by atoms with E-state index in [4.69, 9.17) is 4.74 Å². The SMILES string of the molecule is O=C(COC(=O)c1ccc(OCC(F)(F)F)nc1)NC(=O)NC1CCCC1. The van der Waals surface area contributed by atoms with Crippen molar-refractivity contribution in [2.45, 2.75) is 37.9 Å². The maximum absolute atomic E-state index is 12.0. The zero-order valence-corrected chi connectivity index (χ0v) is 14.2. The van der Waals surface area contributed by atoms with Gasteiger partial charge in [-0.1, -0.05) is 12.8 Å². The quantitative estimate of drug-likeness (QED) is 0.721. The average molecular weight is 389 g/mol. The number of carbonyl (C=O) groups excluding carboxylic acids is 3. The first-order valence-electron chi connectivity index (χ1n) is 8.16. The molecule has 1 fully saturated rings. The number of rotatable bonds is 6. The van der Waals surface area contributed by atoms with Crippen LogP contribution in [0.5, 0.6) is 5.88 Å². The van der Waals surface area contributed by atoms with Crippen LogP contribution in [0.2, 0.25) is 0 Å². The van der Waals surface area contributed by atoms with E-state index in [0.29, 0.717) is 0 Å². The highest BCUT2D eigenvalue weighted by Gasteiger charge is 2.28. The van der Waals surface area contributed by atoms with Gasteiger partial charge in [-0.05, 0) is 18.9 Å². The summed E-state index contributed by atoms with van der Waals surface area (Å²) in [6, 6.07) is 1.59. The Morgan fingerprint density at radius 2 is 1.89 bits per heavy atom. The lowest BCUT2D eigenvalue weighted by Crippen LogP contribution is -2.44. The molecule has 0 aromatic carbocycles. The third-order valence-corrected chi connectivity index (χ3v) is 3.63. The second-order valence-electron chi connectivity index (χ2n) is 5.87. The number of ether oxygens (including phenoxy) is 2. The number of nitrogens with one attached hydrogen (secondary N) is 2. The van der Waals surface area contributed by atoms with Crippen molar-refractivity contribution in [1.29, 1.82) is 0 Å². The standard InChI is InChI=1S/C16H18F3N3O5/c17-16(18,19)9-27-13-6-5-10(7-20-13)14(24)26-8-12(23)22-15(25)21-11-3-1-2-4-11/h5-7,11H,1-4,8-9H2,(H2,21,22,23,25). The molecule has 148 valence electrons. The third-order valence-electron chi connectivity index (χ3n) is 3.63. The summed E-state index contributed by atoms with van der Waals surface area (Å²) in [6.45, 7) is -2.20. The van der Waals surface area contributed by atoms with Crippen molar-refractivity contribution in [2.75, 3.05) is 13.2 Å². The molecule has 1 aliphatic carbocycles. The van der Waals surface area contributed by atoms with Crippen LogP contribution in [0.4, 0.5) is 18.0 Å². The van der Waals surface area contributed by atoms with E-state index in [1.165, 1.54) is 0 Å². The molecule has 1 aromatic rings. The molecule has 2 N–H and O–H groups in total. The number of hydrogen-bond acceptors (Lipinski definition) is 6. The summed E-state index contributed by atoms with van der Waals surface area (Å²) in [5.74, 6) is -2.04. The first kappa shape index (κ1) is 20.5. The second kappa shape index (κ2) is 9.19. The van der Waals surface area contributed by atoms with E-state index in [0.717, 1.165) is 44.0 Å². The summed E-state index contributed by atoms with van der Waals surface area (Å²) in [7, 11) is 0. The minimum absolute atomic E-state index is 0.0319. The largest absolute Gasteiger partial charge is 0.468 e. The van der Waals surface area contributed by atoms with Gasteiger partial charge in [-0.25, -0.2) is 14.6 Å². The number of hydrogen-bond donors (Lipinski definition) is 2. The lowest BCUT2D eigenvalue weighted by molar-refractivity contribution is -0.154. The van der Waals surface area contributed by atoms with Gasteiger partial charge in [-0.3, -0.25) is 10.1 Å². The van der Waals surface area contributed by atoms with Crippen LogP contribution >= 0.6 is 0 Å². The van der Waals surface area contributed by atoms with Gasteiger partial charge in [0.05, 0.1) is 5.56 Å². The molecule has 0 unspecified atom stereocenters. The second-order valence-corrected chi connectivity index (χ2v) is 5.87. The van der Waals surface area contributed by atoms with Crippen LogP contribution in [-0.4, -0.2) is 48.3 Å². The predicted molar refractivity (Wildman–Crippen MR) is 85.0 cm³/mol. The Bertz CT molecular complexity index is 673. The fraction of sp³-hybridized carbons (Fsp3) is 0.500. The highest BCUT2D eigenvalue weighted by Crippen LogP contribution is 2.18. The van der Waals surface area contributed by atoms with Gasteiger partial charge < -0.3 is 14.8 Å². The molecule has 1 aromatic heterocycles. The fourth-order valence-corrected chi connectivity index (χ4v) is 2.41. The van der Waals surface area contributed by atoms with Gasteiger partial charge in [0.25, 0.3) is 5.91 Å². The molecule has 27 heavy (non-hydrogen) atoms. The van der Waals surface area contributed by atoms with Gasteiger partial charge in [0, 0.05) is 18.3 Å². The molecule has 1 heterocycles. The molecule has 0 spiro atoms. The van der Waals surface area contributed by atoms with Crippen molar-refractivity contribution in [2.24, 2.45) is 0 Å². The first-order chi connectivity index (χ1) is 12.7. The fourth-order valence-electron chi connectivity index (χ4n) is 2.41. The Kier molecular flexibility index (Phi) is 6.97. The Morgan fingerprint density at radius 3 is 2.48 bits per heavy atom. The summed E-state index contributed by atoms with van der Waals surface area (Å²) >= 11 is 0. The summed E-state index contributed by atoms with van der Waals surface area (Å²) in [5.41, 5.74) is -0.0856. The van der Waals surface area contributed by atoms with Crippen LogP contribution < -0.4 is 15.4 Å². The maximum Gasteiger partial charge on any atom is 0.422 e. The minimum atomic E-state index is -4.50. The molecule has 11 heteroatoms. The first-order valence-corrected chi connectivity index (χ1v) is 8.16. The lowest BCUT2D eigenvalue weighted by atomic mass is 10.2. The number of halogens is 3. The van der Waals surface area contributed by atoms with E-state index in [-0.39, 0.29) is 17.5 Å². The molecule has 3 amide bonds. The van der Waals surface area contributed by atoms with Gasteiger partial charge in [0.1, 0.15) is 0 Å². The molecular weight excluding hydrogens is 371 g/mol. The van der Waals surface area contributed by atoms with E-state index < -0.39 is 37.3 Å². The molecule has 2 rings (SSSR count). The topological polar surface area (TPSA) is 107 Å². The normalized spacial score (nSPS) is 14.5. The van der Waals surface area contributed by atoms with Crippen molar-refractivity contribution in [3.8, 4) is 5.88 Å². The van der Waals surface area contributed by atoms with Crippen LogP contribution in [0.15, 0.2) is 18.3 Å². The monoisotopic (exact) mass is 389 g/mol. The zero-order chi connectivity index (χ0) is 19.9. The molecule has 0 aliphatic heterocycles. The Morgan fingerprint density at radius 1 is 1.19 bits per heavy atom. The molecule has 0 saturated heterocycles. The molecule has 1 saturated carbocycles. The van der Waals surface area contributed by atoms with Crippen LogP contribution in [0.25, 0.3) is 0 Å². The van der Waals surface area contributed by atoms with E-state index in [9.17, 15) is 27.6 Å². The number of aromatic nitrogens is 1. The van der Waals surface area contributed by atoms with Crippen molar-refractivity contribution in [3.63, 3.8) is 0 Å². The number of esters is 1. The Hall–Kier alpha value is -2.85. The van der Waals surface area contributed by atoms with Crippen molar-refractivity contribution >= 4 is 17.9 Å². The van der Waals surface area contributed by atoms with E-state index in [2.05, 4.69) is 15.0 Å². The van der Waals surface area contributed by atoms with Crippen LogP contribution in [0.3, 0.4) is 0 Å². The maximum atomic E-state index is 12.0. The number of nitrogens with zero attached hydrogens (tertiary/aromatic N) is 1. The van der Waals surface area contributed by atoms with Gasteiger partial charge in [-0.2, -0.15) is 13.2 Å². The lowest BCUT2D eigenvalue weighted by Gasteiger charge is -2.12. The van der Waals surface area contributed by atoms with Crippen molar-refractivity contribution < 1.29 is 37.0 Å². The zero-order valence-electron chi connectivity index (χ0n) is 14.2. The third kappa shape index (κ3) is 7.50. The highest BCUT2D eigenvalue weighted by atomic mass is 19.4. The number of alkyl halides is 3. The number of carbonyl (C=O) groups is 3.